The highest BCUT2D eigenvalue weighted by Crippen LogP contribution is 2.35. The van der Waals surface area contributed by atoms with Gasteiger partial charge in [-0.25, -0.2) is 5.09 Å². The molecule has 0 spiro atoms. The number of carbonyl (C=O) groups is 1. The van der Waals surface area contributed by atoms with Crippen molar-refractivity contribution in [2.45, 2.75) is 33.2 Å². The number of carbonyl (C=O) groups excluding carboxylic acids is 1. The average molecular weight is 313 g/mol. The Balaban J connectivity index is 2.66. The molecule has 6 heteroatoms. The SMILES string of the molecule is CCOC(=O)C(CC(C)C)NP(OC)Oc1ccccc1. The highest BCUT2D eigenvalue weighted by atomic mass is 31.2. The monoisotopic (exact) mass is 313 g/mol. The Morgan fingerprint density at radius 1 is 1.29 bits per heavy atom. The molecule has 2 unspecified atom stereocenters. The van der Waals surface area contributed by atoms with E-state index in [0.717, 1.165) is 0 Å². The zero-order chi connectivity index (χ0) is 15.7. The number of hydrogen-bond acceptors (Lipinski definition) is 5. The summed E-state index contributed by atoms with van der Waals surface area (Å²) >= 11 is 0. The van der Waals surface area contributed by atoms with Gasteiger partial charge in [0.15, 0.2) is 0 Å². The molecule has 1 N–H and O–H groups in total. The molecular formula is C15H24NO4P. The lowest BCUT2D eigenvalue weighted by Crippen LogP contribution is -2.37. The van der Waals surface area contributed by atoms with Gasteiger partial charge in [0.1, 0.15) is 11.8 Å². The fraction of sp³-hybridized carbons (Fsp3) is 0.533. The van der Waals surface area contributed by atoms with Crippen molar-refractivity contribution < 1.29 is 18.6 Å². The smallest absolute Gasteiger partial charge is 0.323 e. The lowest BCUT2D eigenvalue weighted by molar-refractivity contribution is -0.145. The lowest BCUT2D eigenvalue weighted by atomic mass is 10.1. The van der Waals surface area contributed by atoms with Crippen LogP contribution in [-0.4, -0.2) is 25.7 Å². The van der Waals surface area contributed by atoms with Gasteiger partial charge in [-0.05, 0) is 31.4 Å². The second-order valence-corrected chi connectivity index (χ2v) is 6.23. The molecule has 0 saturated carbocycles. The maximum Gasteiger partial charge on any atom is 0.323 e. The fourth-order valence-corrected chi connectivity index (χ4v) is 2.75. The van der Waals surface area contributed by atoms with Gasteiger partial charge >= 0.3 is 14.5 Å². The van der Waals surface area contributed by atoms with Crippen molar-refractivity contribution >= 4 is 14.5 Å². The average Bonchev–Trinajstić information content (AvgIpc) is 2.46. The first-order valence-electron chi connectivity index (χ1n) is 7.06. The predicted octanol–water partition coefficient (Wildman–Crippen LogP) is 3.51. The van der Waals surface area contributed by atoms with Crippen LogP contribution < -0.4 is 9.61 Å². The van der Waals surface area contributed by atoms with Crippen LogP contribution in [0.15, 0.2) is 30.3 Å². The molecule has 0 aliphatic carbocycles. The number of ether oxygens (including phenoxy) is 1. The van der Waals surface area contributed by atoms with Crippen LogP contribution in [-0.2, 0) is 14.1 Å². The molecule has 21 heavy (non-hydrogen) atoms. The van der Waals surface area contributed by atoms with Crippen LogP contribution in [0.1, 0.15) is 27.2 Å². The van der Waals surface area contributed by atoms with Gasteiger partial charge in [-0.1, -0.05) is 32.0 Å². The number of para-hydroxylation sites is 1. The third kappa shape index (κ3) is 6.89. The first-order valence-corrected chi connectivity index (χ1v) is 8.24. The molecule has 0 radical (unpaired) electrons. The summed E-state index contributed by atoms with van der Waals surface area (Å²) in [6.45, 7) is 6.27. The van der Waals surface area contributed by atoms with Crippen LogP contribution in [0.25, 0.3) is 0 Å². The van der Waals surface area contributed by atoms with Gasteiger partial charge in [-0.3, -0.25) is 4.79 Å². The molecule has 0 heterocycles. The topological polar surface area (TPSA) is 56.8 Å². The van der Waals surface area contributed by atoms with Gasteiger partial charge in [0.25, 0.3) is 0 Å². The first kappa shape index (κ1) is 17.9. The largest absolute Gasteiger partial charge is 0.465 e. The second-order valence-electron chi connectivity index (χ2n) is 4.91. The zero-order valence-corrected chi connectivity index (χ0v) is 13.9. The molecule has 0 bridgehead atoms. The van der Waals surface area contributed by atoms with Gasteiger partial charge in [0.05, 0.1) is 6.61 Å². The van der Waals surface area contributed by atoms with Gasteiger partial charge < -0.3 is 13.8 Å². The molecule has 5 nitrogen and oxygen atoms in total. The molecular weight excluding hydrogens is 289 g/mol. The number of hydrogen-bond donors (Lipinski definition) is 1. The molecule has 0 aliphatic heterocycles. The molecule has 0 saturated heterocycles. The highest BCUT2D eigenvalue weighted by molar-refractivity contribution is 7.45. The summed E-state index contributed by atoms with van der Waals surface area (Å²) in [6.07, 6.45) is 0.666. The van der Waals surface area contributed by atoms with Crippen molar-refractivity contribution in [2.24, 2.45) is 5.92 Å². The summed E-state index contributed by atoms with van der Waals surface area (Å²) in [4.78, 5) is 12.0. The van der Waals surface area contributed by atoms with Crippen molar-refractivity contribution in [3.8, 4) is 5.75 Å². The molecule has 0 aliphatic rings. The molecule has 118 valence electrons. The Morgan fingerprint density at radius 3 is 2.48 bits per heavy atom. The number of esters is 1. The Bertz CT molecular complexity index is 413. The van der Waals surface area contributed by atoms with E-state index in [1.807, 2.05) is 30.3 Å². The fourth-order valence-electron chi connectivity index (χ4n) is 1.74. The van der Waals surface area contributed by atoms with Crippen molar-refractivity contribution in [3.63, 3.8) is 0 Å². The normalized spacial score (nSPS) is 13.8. The van der Waals surface area contributed by atoms with Crippen LogP contribution in [0.2, 0.25) is 0 Å². The Kier molecular flexibility index (Phi) is 8.28. The van der Waals surface area contributed by atoms with Crippen LogP contribution >= 0.6 is 8.53 Å². The maximum absolute atomic E-state index is 12.0. The summed E-state index contributed by atoms with van der Waals surface area (Å²) in [5.41, 5.74) is 0. The minimum atomic E-state index is -1.40. The Morgan fingerprint density at radius 2 is 1.95 bits per heavy atom. The van der Waals surface area contributed by atoms with Gasteiger partial charge in [-0.2, -0.15) is 0 Å². The molecule has 0 amide bonds. The zero-order valence-electron chi connectivity index (χ0n) is 13.0. The summed E-state index contributed by atoms with van der Waals surface area (Å²) in [5, 5.41) is 3.11. The van der Waals surface area contributed by atoms with E-state index >= 15 is 0 Å². The predicted molar refractivity (Wildman–Crippen MR) is 84.0 cm³/mol. The summed E-state index contributed by atoms with van der Waals surface area (Å²) in [6, 6.07) is 8.94. The van der Waals surface area contributed by atoms with E-state index in [9.17, 15) is 4.79 Å². The Labute approximate surface area is 127 Å². The van der Waals surface area contributed by atoms with Crippen molar-refractivity contribution in [2.75, 3.05) is 13.7 Å². The van der Waals surface area contributed by atoms with Crippen molar-refractivity contribution in [1.82, 2.24) is 5.09 Å². The van der Waals surface area contributed by atoms with Crippen LogP contribution in [0.5, 0.6) is 5.75 Å². The van der Waals surface area contributed by atoms with E-state index in [-0.39, 0.29) is 5.97 Å². The molecule has 1 aromatic rings. The quantitative estimate of drug-likeness (QED) is 0.558. The van der Waals surface area contributed by atoms with Crippen LogP contribution in [0.4, 0.5) is 0 Å². The van der Waals surface area contributed by atoms with Gasteiger partial charge in [0.2, 0.25) is 0 Å². The summed E-state index contributed by atoms with van der Waals surface area (Å²) < 4.78 is 16.1. The van der Waals surface area contributed by atoms with Gasteiger partial charge in [0, 0.05) is 7.11 Å². The van der Waals surface area contributed by atoms with Crippen molar-refractivity contribution in [3.05, 3.63) is 30.3 Å². The highest BCUT2D eigenvalue weighted by Gasteiger charge is 2.26. The van der Waals surface area contributed by atoms with Crippen LogP contribution in [0.3, 0.4) is 0 Å². The number of nitrogens with one attached hydrogen (secondary N) is 1. The van der Waals surface area contributed by atoms with E-state index < -0.39 is 14.6 Å². The summed E-state index contributed by atoms with van der Waals surface area (Å²) in [7, 11) is 0.156. The second kappa shape index (κ2) is 9.72. The third-order valence-corrected chi connectivity index (χ3v) is 3.87. The molecule has 0 fully saturated rings. The molecule has 2 atom stereocenters. The summed E-state index contributed by atoms with van der Waals surface area (Å²) in [5.74, 6) is 0.787. The van der Waals surface area contributed by atoms with E-state index in [1.54, 1.807) is 14.0 Å². The van der Waals surface area contributed by atoms with E-state index in [2.05, 4.69) is 18.9 Å². The van der Waals surface area contributed by atoms with E-state index in [0.29, 0.717) is 24.7 Å². The molecule has 0 aromatic heterocycles. The Hall–Kier alpha value is -1.16. The molecule has 1 rings (SSSR count). The van der Waals surface area contributed by atoms with E-state index in [4.69, 9.17) is 13.8 Å². The van der Waals surface area contributed by atoms with E-state index in [1.165, 1.54) is 0 Å². The number of rotatable bonds is 9. The van der Waals surface area contributed by atoms with Crippen LogP contribution in [0, 0.1) is 5.92 Å². The molecule has 1 aromatic carbocycles. The standard InChI is InChI=1S/C15H24NO4P/c1-5-19-15(17)14(11-12(2)3)16-21(18-4)20-13-9-7-6-8-10-13/h6-10,12,14,16H,5,11H2,1-4H3. The third-order valence-electron chi connectivity index (χ3n) is 2.64. The van der Waals surface area contributed by atoms with Crippen molar-refractivity contribution in [1.29, 1.82) is 0 Å². The maximum atomic E-state index is 12.0. The number of benzene rings is 1. The first-order chi connectivity index (χ1) is 10.1. The van der Waals surface area contributed by atoms with Gasteiger partial charge in [-0.15, -0.1) is 0 Å². The minimum absolute atomic E-state index is 0.271. The lowest BCUT2D eigenvalue weighted by Gasteiger charge is -2.23. The minimum Gasteiger partial charge on any atom is -0.465 e.